The van der Waals surface area contributed by atoms with Crippen LogP contribution in [0.15, 0.2) is 41.4 Å². The molecular weight excluding hydrogens is 402 g/mol. The van der Waals surface area contributed by atoms with Gasteiger partial charge < -0.3 is 9.64 Å². The van der Waals surface area contributed by atoms with Crippen LogP contribution in [-0.4, -0.2) is 62.0 Å². The highest BCUT2D eigenvalue weighted by Crippen LogP contribution is 2.39. The Balaban J connectivity index is 1.57. The maximum absolute atomic E-state index is 13.8. The van der Waals surface area contributed by atoms with Crippen molar-refractivity contribution in [2.75, 3.05) is 32.6 Å². The molecule has 0 spiro atoms. The SMILES string of the molecule is CS(=O)(=O)c1cn[nH]c1[C@@H]1CCCN(C(=O)C2(Cc3ccccc3)CCOCC2)C1. The number of nitrogens with zero attached hydrogens (tertiary/aromatic N) is 2. The number of ether oxygens (including phenoxy) is 1. The van der Waals surface area contributed by atoms with Gasteiger partial charge in [-0.25, -0.2) is 8.42 Å². The number of hydrogen-bond acceptors (Lipinski definition) is 5. The number of hydrogen-bond donors (Lipinski definition) is 1. The fourth-order valence-corrected chi connectivity index (χ4v) is 5.68. The zero-order valence-corrected chi connectivity index (χ0v) is 18.2. The monoisotopic (exact) mass is 431 g/mol. The van der Waals surface area contributed by atoms with Gasteiger partial charge in [-0.05, 0) is 37.7 Å². The van der Waals surface area contributed by atoms with Crippen LogP contribution in [0.5, 0.6) is 0 Å². The van der Waals surface area contributed by atoms with Gasteiger partial charge in [0.15, 0.2) is 9.84 Å². The normalized spacial score (nSPS) is 22.0. The molecule has 0 bridgehead atoms. The maximum Gasteiger partial charge on any atom is 0.229 e. The number of H-pyrrole nitrogens is 1. The van der Waals surface area contributed by atoms with Gasteiger partial charge in [0.05, 0.1) is 17.3 Å². The van der Waals surface area contributed by atoms with Crippen LogP contribution in [-0.2, 0) is 25.8 Å². The Kier molecular flexibility index (Phi) is 5.97. The van der Waals surface area contributed by atoms with Gasteiger partial charge in [0, 0.05) is 38.5 Å². The number of aromatic amines is 1. The van der Waals surface area contributed by atoms with Crippen LogP contribution in [0.2, 0.25) is 0 Å². The second-order valence-electron chi connectivity index (χ2n) is 8.57. The summed E-state index contributed by atoms with van der Waals surface area (Å²) in [6.07, 6.45) is 6.38. The molecule has 3 heterocycles. The molecule has 2 fully saturated rings. The number of benzene rings is 1. The van der Waals surface area contributed by atoms with Crippen molar-refractivity contribution < 1.29 is 17.9 Å². The van der Waals surface area contributed by atoms with Crippen molar-refractivity contribution in [3.8, 4) is 0 Å². The molecule has 1 aromatic carbocycles. The molecule has 2 aliphatic rings. The van der Waals surface area contributed by atoms with Crippen LogP contribution in [0.3, 0.4) is 0 Å². The van der Waals surface area contributed by atoms with E-state index < -0.39 is 15.3 Å². The molecule has 4 rings (SSSR count). The summed E-state index contributed by atoms with van der Waals surface area (Å²) >= 11 is 0. The van der Waals surface area contributed by atoms with Crippen LogP contribution in [0.25, 0.3) is 0 Å². The van der Waals surface area contributed by atoms with Gasteiger partial charge in [-0.3, -0.25) is 9.89 Å². The van der Waals surface area contributed by atoms with Crippen molar-refractivity contribution >= 4 is 15.7 Å². The molecule has 0 aliphatic carbocycles. The molecule has 1 N–H and O–H groups in total. The molecule has 8 heteroatoms. The number of piperidine rings is 1. The van der Waals surface area contributed by atoms with E-state index in [2.05, 4.69) is 22.3 Å². The minimum Gasteiger partial charge on any atom is -0.381 e. The molecule has 0 saturated carbocycles. The average molecular weight is 432 g/mol. The smallest absolute Gasteiger partial charge is 0.229 e. The van der Waals surface area contributed by atoms with E-state index in [-0.39, 0.29) is 16.7 Å². The predicted molar refractivity (Wildman–Crippen MR) is 113 cm³/mol. The first-order chi connectivity index (χ1) is 14.4. The summed E-state index contributed by atoms with van der Waals surface area (Å²) in [5.41, 5.74) is 1.32. The molecule has 1 amide bonds. The fraction of sp³-hybridized carbons (Fsp3) is 0.545. The van der Waals surface area contributed by atoms with Gasteiger partial charge in [-0.15, -0.1) is 0 Å². The average Bonchev–Trinajstić information content (AvgIpc) is 3.25. The molecule has 2 aromatic rings. The number of carbonyl (C=O) groups excluding carboxylic acids is 1. The molecule has 1 aromatic heterocycles. The Morgan fingerprint density at radius 3 is 2.70 bits per heavy atom. The lowest BCUT2D eigenvalue weighted by atomic mass is 9.73. The van der Waals surface area contributed by atoms with E-state index in [0.717, 1.165) is 18.4 Å². The molecule has 1 atom stereocenters. The number of sulfone groups is 1. The lowest BCUT2D eigenvalue weighted by molar-refractivity contribution is -0.149. The molecule has 2 aliphatic heterocycles. The Bertz CT molecular complexity index is 981. The first-order valence-electron chi connectivity index (χ1n) is 10.5. The highest BCUT2D eigenvalue weighted by Gasteiger charge is 2.44. The molecule has 30 heavy (non-hydrogen) atoms. The molecule has 162 valence electrons. The number of nitrogens with one attached hydrogen (secondary N) is 1. The third-order valence-corrected chi connectivity index (χ3v) is 7.56. The minimum absolute atomic E-state index is 0.0523. The van der Waals surface area contributed by atoms with E-state index >= 15 is 0 Å². The van der Waals surface area contributed by atoms with Crippen LogP contribution >= 0.6 is 0 Å². The predicted octanol–water partition coefficient (Wildman–Crippen LogP) is 2.56. The first kappa shape index (κ1) is 21.1. The van der Waals surface area contributed by atoms with Crippen LogP contribution in [0.1, 0.15) is 42.9 Å². The molecular formula is C22H29N3O4S. The summed E-state index contributed by atoms with van der Waals surface area (Å²) in [6, 6.07) is 10.2. The van der Waals surface area contributed by atoms with E-state index in [1.54, 1.807) is 0 Å². The molecule has 0 radical (unpaired) electrons. The first-order valence-corrected chi connectivity index (χ1v) is 12.4. The summed E-state index contributed by atoms with van der Waals surface area (Å²) in [7, 11) is -3.36. The van der Waals surface area contributed by atoms with Gasteiger partial charge >= 0.3 is 0 Å². The fourth-order valence-electron chi connectivity index (χ4n) is 4.82. The lowest BCUT2D eigenvalue weighted by Crippen LogP contribution is -2.51. The van der Waals surface area contributed by atoms with Gasteiger partial charge in [0.1, 0.15) is 4.90 Å². The number of carbonyl (C=O) groups is 1. The van der Waals surface area contributed by atoms with E-state index in [1.165, 1.54) is 12.5 Å². The summed E-state index contributed by atoms with van der Waals surface area (Å²) in [6.45, 7) is 2.40. The van der Waals surface area contributed by atoms with Gasteiger partial charge in [-0.1, -0.05) is 30.3 Å². The Morgan fingerprint density at radius 1 is 1.27 bits per heavy atom. The quantitative estimate of drug-likeness (QED) is 0.785. The van der Waals surface area contributed by atoms with Crippen molar-refractivity contribution in [2.24, 2.45) is 5.41 Å². The van der Waals surface area contributed by atoms with Crippen LogP contribution < -0.4 is 0 Å². The Hall–Kier alpha value is -2.19. The largest absolute Gasteiger partial charge is 0.381 e. The summed E-state index contributed by atoms with van der Waals surface area (Å²) < 4.78 is 29.8. The molecule has 0 unspecified atom stereocenters. The standard InChI is InChI=1S/C22H29N3O4S/c1-30(27,28)19-15-23-24-20(19)18-8-5-11-25(16-18)21(26)22(9-12-29-13-10-22)14-17-6-3-2-4-7-17/h2-4,6-7,15,18H,5,8-14,16H2,1H3,(H,23,24)/t18-/m1/s1. The maximum atomic E-state index is 13.8. The zero-order valence-electron chi connectivity index (χ0n) is 17.3. The topological polar surface area (TPSA) is 92.4 Å². The van der Waals surface area contributed by atoms with Crippen LogP contribution in [0, 0.1) is 5.41 Å². The Labute approximate surface area is 177 Å². The van der Waals surface area contributed by atoms with E-state index in [1.807, 2.05) is 23.1 Å². The second-order valence-corrected chi connectivity index (χ2v) is 10.5. The summed E-state index contributed by atoms with van der Waals surface area (Å²) in [4.78, 5) is 16.0. The molecule has 7 nitrogen and oxygen atoms in total. The van der Waals surface area contributed by atoms with Crippen LogP contribution in [0.4, 0.5) is 0 Å². The van der Waals surface area contributed by atoms with E-state index in [9.17, 15) is 13.2 Å². The number of rotatable bonds is 5. The van der Waals surface area contributed by atoms with E-state index in [4.69, 9.17) is 4.74 Å². The highest BCUT2D eigenvalue weighted by atomic mass is 32.2. The van der Waals surface area contributed by atoms with Gasteiger partial charge in [0.25, 0.3) is 0 Å². The third-order valence-electron chi connectivity index (χ3n) is 6.44. The van der Waals surface area contributed by atoms with E-state index in [0.29, 0.717) is 51.3 Å². The Morgan fingerprint density at radius 2 is 2.00 bits per heavy atom. The number of aromatic nitrogens is 2. The minimum atomic E-state index is -3.36. The highest BCUT2D eigenvalue weighted by molar-refractivity contribution is 7.90. The lowest BCUT2D eigenvalue weighted by Gasteiger charge is -2.42. The second kappa shape index (κ2) is 8.51. The van der Waals surface area contributed by atoms with Crippen molar-refractivity contribution in [1.82, 2.24) is 15.1 Å². The van der Waals surface area contributed by atoms with Gasteiger partial charge in [0.2, 0.25) is 5.91 Å². The summed E-state index contributed by atoms with van der Waals surface area (Å²) in [5.74, 6) is 0.114. The van der Waals surface area contributed by atoms with Gasteiger partial charge in [-0.2, -0.15) is 5.10 Å². The van der Waals surface area contributed by atoms with Crippen molar-refractivity contribution in [1.29, 1.82) is 0 Å². The van der Waals surface area contributed by atoms with Crippen molar-refractivity contribution in [3.05, 3.63) is 47.8 Å². The number of likely N-dealkylation sites (tertiary alicyclic amines) is 1. The summed E-state index contributed by atoms with van der Waals surface area (Å²) in [5, 5.41) is 6.85. The van der Waals surface area contributed by atoms with Crippen molar-refractivity contribution in [3.63, 3.8) is 0 Å². The number of amides is 1. The van der Waals surface area contributed by atoms with Crippen molar-refractivity contribution in [2.45, 2.75) is 42.9 Å². The molecule has 2 saturated heterocycles. The zero-order chi connectivity index (χ0) is 21.2. The third kappa shape index (κ3) is 4.30.